The molecule has 2 aromatic rings. The molecule has 0 atom stereocenters. The van der Waals surface area contributed by atoms with Crippen LogP contribution in [0.3, 0.4) is 0 Å². The number of benzene rings is 2. The molecular formula is C23H28ClFN3O+. The van der Waals surface area contributed by atoms with E-state index in [0.717, 1.165) is 52.1 Å². The number of piperidine rings is 1. The van der Waals surface area contributed by atoms with Gasteiger partial charge in [0.15, 0.2) is 0 Å². The van der Waals surface area contributed by atoms with E-state index in [4.69, 9.17) is 11.6 Å². The molecule has 1 N–H and O–H groups in total. The van der Waals surface area contributed by atoms with Gasteiger partial charge in [-0.3, -0.25) is 4.79 Å². The average Bonchev–Trinajstić information content (AvgIpc) is 2.77. The van der Waals surface area contributed by atoms with Crippen LogP contribution in [0.5, 0.6) is 0 Å². The maximum Gasteiger partial charge on any atom is 0.226 e. The topological polar surface area (TPSA) is 28.0 Å². The Morgan fingerprint density at radius 3 is 2.34 bits per heavy atom. The smallest absolute Gasteiger partial charge is 0.226 e. The number of piperazine rings is 1. The standard InChI is InChI=1S/C23H27ClFN3O/c24-21-7-4-8-22(25)20(21)17-26-11-9-18(10-12-26)23(29)28-15-13-27(14-16-28)19-5-2-1-3-6-19/h1-8,18H,9-17H2/p+1. The molecule has 0 radical (unpaired) electrons. The molecule has 0 bridgehead atoms. The minimum Gasteiger partial charge on any atom is -0.368 e. The van der Waals surface area contributed by atoms with E-state index < -0.39 is 0 Å². The van der Waals surface area contributed by atoms with E-state index in [2.05, 4.69) is 29.2 Å². The summed E-state index contributed by atoms with van der Waals surface area (Å²) in [6.45, 7) is 5.67. The molecule has 0 aromatic heterocycles. The Balaban J connectivity index is 1.26. The predicted octanol–water partition coefficient (Wildman–Crippen LogP) is 2.62. The van der Waals surface area contributed by atoms with Gasteiger partial charge in [0.25, 0.3) is 0 Å². The van der Waals surface area contributed by atoms with Crippen molar-refractivity contribution < 1.29 is 14.1 Å². The van der Waals surface area contributed by atoms with Gasteiger partial charge in [-0.25, -0.2) is 4.39 Å². The number of carbonyl (C=O) groups is 1. The van der Waals surface area contributed by atoms with Crippen molar-refractivity contribution in [1.82, 2.24) is 4.90 Å². The molecule has 1 amide bonds. The maximum absolute atomic E-state index is 14.0. The third-order valence-corrected chi connectivity index (χ3v) is 6.60. The second kappa shape index (κ2) is 9.14. The molecule has 2 aromatic carbocycles. The van der Waals surface area contributed by atoms with E-state index in [0.29, 0.717) is 23.0 Å². The van der Waals surface area contributed by atoms with Gasteiger partial charge >= 0.3 is 0 Å². The third kappa shape index (κ3) is 4.73. The van der Waals surface area contributed by atoms with Crippen LogP contribution in [0.1, 0.15) is 18.4 Å². The highest BCUT2D eigenvalue weighted by Crippen LogP contribution is 2.21. The highest BCUT2D eigenvalue weighted by atomic mass is 35.5. The Kier molecular flexibility index (Phi) is 6.36. The maximum atomic E-state index is 14.0. The number of para-hydroxylation sites is 1. The van der Waals surface area contributed by atoms with Crippen molar-refractivity contribution in [1.29, 1.82) is 0 Å². The third-order valence-electron chi connectivity index (χ3n) is 6.24. The van der Waals surface area contributed by atoms with Gasteiger partial charge in [-0.2, -0.15) is 0 Å². The lowest BCUT2D eigenvalue weighted by atomic mass is 9.94. The van der Waals surface area contributed by atoms with Crippen LogP contribution in [0.4, 0.5) is 10.1 Å². The Labute approximate surface area is 176 Å². The van der Waals surface area contributed by atoms with Crippen LogP contribution in [0.2, 0.25) is 5.02 Å². The van der Waals surface area contributed by atoms with Crippen molar-refractivity contribution in [3.63, 3.8) is 0 Å². The molecule has 0 aliphatic carbocycles. The molecular weight excluding hydrogens is 389 g/mol. The molecule has 6 heteroatoms. The van der Waals surface area contributed by atoms with Crippen molar-refractivity contribution >= 4 is 23.2 Å². The molecule has 2 heterocycles. The summed E-state index contributed by atoms with van der Waals surface area (Å²) in [4.78, 5) is 18.7. The number of hydrogen-bond donors (Lipinski definition) is 1. The van der Waals surface area contributed by atoms with Crippen LogP contribution >= 0.6 is 11.6 Å². The van der Waals surface area contributed by atoms with Gasteiger partial charge in [0.05, 0.1) is 23.7 Å². The molecule has 2 aliphatic heterocycles. The zero-order valence-corrected chi connectivity index (χ0v) is 17.4. The minimum absolute atomic E-state index is 0.0955. The highest BCUT2D eigenvalue weighted by Gasteiger charge is 2.32. The first-order chi connectivity index (χ1) is 14.1. The fourth-order valence-corrected chi connectivity index (χ4v) is 4.71. The van der Waals surface area contributed by atoms with Crippen molar-refractivity contribution in [2.45, 2.75) is 19.4 Å². The van der Waals surface area contributed by atoms with Crippen LogP contribution in [0, 0.1) is 11.7 Å². The Hall–Kier alpha value is -2.11. The SMILES string of the molecule is O=C(C1CC[NH+](Cc2c(F)cccc2Cl)CC1)N1CCN(c2ccccc2)CC1. The summed E-state index contributed by atoms with van der Waals surface area (Å²) in [5.41, 5.74) is 1.81. The normalized spacial score (nSPS) is 22.6. The van der Waals surface area contributed by atoms with E-state index >= 15 is 0 Å². The zero-order valence-electron chi connectivity index (χ0n) is 16.6. The molecule has 0 saturated carbocycles. The van der Waals surface area contributed by atoms with E-state index in [1.165, 1.54) is 16.7 Å². The monoisotopic (exact) mass is 416 g/mol. The van der Waals surface area contributed by atoms with Gasteiger partial charge in [0.1, 0.15) is 12.4 Å². The summed E-state index contributed by atoms with van der Waals surface area (Å²) in [5, 5.41) is 0.493. The van der Waals surface area contributed by atoms with Gasteiger partial charge in [-0.05, 0) is 24.3 Å². The van der Waals surface area contributed by atoms with Gasteiger partial charge < -0.3 is 14.7 Å². The lowest BCUT2D eigenvalue weighted by Gasteiger charge is -2.38. The number of nitrogens with one attached hydrogen (secondary N) is 1. The predicted molar refractivity (Wildman–Crippen MR) is 114 cm³/mol. The van der Waals surface area contributed by atoms with E-state index in [1.807, 2.05) is 11.0 Å². The second-order valence-corrected chi connectivity index (χ2v) is 8.46. The minimum atomic E-state index is -0.237. The average molecular weight is 417 g/mol. The molecule has 154 valence electrons. The number of rotatable bonds is 4. The zero-order chi connectivity index (χ0) is 20.2. The molecule has 2 fully saturated rings. The quantitative estimate of drug-likeness (QED) is 0.829. The molecule has 2 aliphatic rings. The van der Waals surface area contributed by atoms with E-state index in [1.54, 1.807) is 12.1 Å². The number of halogens is 2. The molecule has 0 spiro atoms. The van der Waals surface area contributed by atoms with Gasteiger partial charge in [0.2, 0.25) is 5.91 Å². The summed E-state index contributed by atoms with van der Waals surface area (Å²) in [6.07, 6.45) is 1.72. The molecule has 4 rings (SSSR count). The Morgan fingerprint density at radius 2 is 1.69 bits per heavy atom. The number of hydrogen-bond acceptors (Lipinski definition) is 2. The first-order valence-electron chi connectivity index (χ1n) is 10.5. The molecule has 4 nitrogen and oxygen atoms in total. The van der Waals surface area contributed by atoms with Crippen molar-refractivity contribution in [3.05, 3.63) is 64.9 Å². The summed E-state index contributed by atoms with van der Waals surface area (Å²) >= 11 is 6.17. The summed E-state index contributed by atoms with van der Waals surface area (Å²) in [6, 6.07) is 15.2. The molecule has 29 heavy (non-hydrogen) atoms. The van der Waals surface area contributed by atoms with Crippen LogP contribution in [0.25, 0.3) is 0 Å². The Morgan fingerprint density at radius 1 is 1.00 bits per heavy atom. The van der Waals surface area contributed by atoms with Gasteiger partial charge in [-0.15, -0.1) is 0 Å². The van der Waals surface area contributed by atoms with Crippen molar-refractivity contribution in [2.75, 3.05) is 44.2 Å². The molecule has 0 unspecified atom stereocenters. The molecule has 2 saturated heterocycles. The van der Waals surface area contributed by atoms with Crippen LogP contribution < -0.4 is 9.80 Å². The summed E-state index contributed by atoms with van der Waals surface area (Å²) < 4.78 is 14.0. The fraction of sp³-hybridized carbons (Fsp3) is 0.435. The largest absolute Gasteiger partial charge is 0.368 e. The van der Waals surface area contributed by atoms with Gasteiger partial charge in [0, 0.05) is 50.6 Å². The van der Waals surface area contributed by atoms with Crippen molar-refractivity contribution in [2.24, 2.45) is 5.92 Å². The summed E-state index contributed by atoms with van der Waals surface area (Å²) in [7, 11) is 0. The number of nitrogens with zero attached hydrogens (tertiary/aromatic N) is 2. The lowest BCUT2D eigenvalue weighted by Crippen LogP contribution is -3.11. The lowest BCUT2D eigenvalue weighted by molar-refractivity contribution is -0.919. The van der Waals surface area contributed by atoms with E-state index in [9.17, 15) is 9.18 Å². The van der Waals surface area contributed by atoms with E-state index in [-0.39, 0.29) is 11.7 Å². The van der Waals surface area contributed by atoms with Gasteiger partial charge in [-0.1, -0.05) is 35.9 Å². The fourth-order valence-electron chi connectivity index (χ4n) is 4.48. The highest BCUT2D eigenvalue weighted by molar-refractivity contribution is 6.31. The van der Waals surface area contributed by atoms with Crippen LogP contribution in [-0.4, -0.2) is 50.1 Å². The number of quaternary nitrogens is 1. The van der Waals surface area contributed by atoms with Crippen molar-refractivity contribution in [3.8, 4) is 0 Å². The Bertz CT molecular complexity index is 811. The number of anilines is 1. The summed E-state index contributed by atoms with van der Waals surface area (Å²) in [5.74, 6) is 0.151. The van der Waals surface area contributed by atoms with Crippen LogP contribution in [-0.2, 0) is 11.3 Å². The number of likely N-dealkylation sites (tertiary alicyclic amines) is 1. The second-order valence-electron chi connectivity index (χ2n) is 8.05. The first-order valence-corrected chi connectivity index (χ1v) is 10.8. The number of carbonyl (C=O) groups excluding carboxylic acids is 1. The van der Waals surface area contributed by atoms with Crippen LogP contribution in [0.15, 0.2) is 48.5 Å². The first kappa shape index (κ1) is 20.2. The number of amides is 1.